The van der Waals surface area contributed by atoms with E-state index in [0.717, 1.165) is 89.9 Å². The molecular formula is C54H104N2O21P2. The molecule has 2 saturated heterocycles. The Kier molecular flexibility index (Phi) is 39.9. The Morgan fingerprint density at radius 2 is 0.975 bits per heavy atom. The summed E-state index contributed by atoms with van der Waals surface area (Å²) in [4.78, 5) is 78.3. The van der Waals surface area contributed by atoms with E-state index in [-0.39, 0.29) is 19.3 Å². The molecule has 2 amide bonds. The second-order valence-corrected chi connectivity index (χ2v) is 23.9. The summed E-state index contributed by atoms with van der Waals surface area (Å²) in [6.45, 7) is 3.57. The van der Waals surface area contributed by atoms with Crippen molar-refractivity contribution in [2.24, 2.45) is 0 Å². The van der Waals surface area contributed by atoms with Gasteiger partial charge in [-0.1, -0.05) is 181 Å². The van der Waals surface area contributed by atoms with Crippen LogP contribution in [0.5, 0.6) is 0 Å². The third kappa shape index (κ3) is 34.0. The van der Waals surface area contributed by atoms with Gasteiger partial charge < -0.3 is 79.4 Å². The van der Waals surface area contributed by atoms with Crippen molar-refractivity contribution in [2.45, 2.75) is 300 Å². The summed E-state index contributed by atoms with van der Waals surface area (Å²) >= 11 is 0. The van der Waals surface area contributed by atoms with Crippen LogP contribution in [0.15, 0.2) is 0 Å². The largest absolute Gasteiger partial charge is 0.470 e. The molecule has 0 aromatic rings. The lowest BCUT2D eigenvalue weighted by Crippen LogP contribution is -2.67. The van der Waals surface area contributed by atoms with Gasteiger partial charge in [0.15, 0.2) is 12.6 Å². The zero-order valence-electron chi connectivity index (χ0n) is 47.7. The van der Waals surface area contributed by atoms with Crippen molar-refractivity contribution in [2.75, 3.05) is 26.4 Å². The van der Waals surface area contributed by atoms with Gasteiger partial charge in [0.05, 0.1) is 45.4 Å². The zero-order valence-corrected chi connectivity index (χ0v) is 49.5. The van der Waals surface area contributed by atoms with E-state index >= 15 is 0 Å². The fourth-order valence-corrected chi connectivity index (χ4v) is 10.8. The average Bonchev–Trinajstić information content (AvgIpc) is 3.38. The van der Waals surface area contributed by atoms with Gasteiger partial charge in [-0.15, -0.1) is 0 Å². The molecule has 0 aromatic heterocycles. The molecule has 0 unspecified atom stereocenters. The minimum atomic E-state index is -5.36. The van der Waals surface area contributed by atoms with Crippen molar-refractivity contribution in [1.82, 2.24) is 10.6 Å². The maximum atomic E-state index is 14.0. The van der Waals surface area contributed by atoms with Gasteiger partial charge in [-0.3, -0.25) is 23.4 Å². The SMILES string of the molecule is CCCCCCCCCCCC(=O)O[C@H](CCCCCCCCCCC)CC(=O)N[C@@H]1[C@H](OC[C@H]2O[C@H](OCCOP(=O)(O)O)[C@@H](NC(=O)C[C@H](O)CCCCCCCCCCC)[C@@H](O)[C@@H]2O)O[C@H](CO)[C@@H](OP(=O)(O)O)[C@@H]1O. The Morgan fingerprint density at radius 3 is 1.47 bits per heavy atom. The quantitative estimate of drug-likeness (QED) is 0.0167. The highest BCUT2D eigenvalue weighted by Gasteiger charge is 2.51. The highest BCUT2D eigenvalue weighted by atomic mass is 31.2. The number of unbranched alkanes of at least 4 members (excludes halogenated alkanes) is 24. The van der Waals surface area contributed by atoms with Crippen LogP contribution in [0, 0.1) is 0 Å². The molecule has 0 saturated carbocycles. The van der Waals surface area contributed by atoms with Crippen LogP contribution in [0.3, 0.4) is 0 Å². The topological polar surface area (TPSA) is 356 Å². The molecule has 466 valence electrons. The highest BCUT2D eigenvalue weighted by molar-refractivity contribution is 7.46. The summed E-state index contributed by atoms with van der Waals surface area (Å²) in [7, 11) is -10.3. The first-order valence-corrected chi connectivity index (χ1v) is 32.9. The number of aliphatic hydroxyl groups is 5. The number of phosphoric ester groups is 2. The van der Waals surface area contributed by atoms with E-state index in [9.17, 15) is 68.6 Å². The van der Waals surface area contributed by atoms with Crippen LogP contribution in [0.2, 0.25) is 0 Å². The monoisotopic (exact) mass is 1180 g/mol. The molecule has 23 nitrogen and oxygen atoms in total. The van der Waals surface area contributed by atoms with Gasteiger partial charge in [-0.2, -0.15) is 0 Å². The zero-order chi connectivity index (χ0) is 58.5. The number of ether oxygens (including phenoxy) is 5. The summed E-state index contributed by atoms with van der Waals surface area (Å²) in [6, 6.07) is -3.21. The molecule has 2 heterocycles. The molecule has 0 spiro atoms. The smallest absolute Gasteiger partial charge is 0.462 e. The van der Waals surface area contributed by atoms with E-state index < -0.39 is 133 Å². The Bertz CT molecular complexity index is 1700. The fraction of sp³-hybridized carbons (Fsp3) is 0.944. The number of carbonyl (C=O) groups is 3. The second kappa shape index (κ2) is 43.0. The van der Waals surface area contributed by atoms with Crippen molar-refractivity contribution in [3.05, 3.63) is 0 Å². The average molecular weight is 1180 g/mol. The van der Waals surface area contributed by atoms with E-state index in [2.05, 4.69) is 35.9 Å². The lowest BCUT2D eigenvalue weighted by molar-refractivity contribution is -0.303. The molecule has 2 aliphatic rings. The van der Waals surface area contributed by atoms with Crippen molar-refractivity contribution in [1.29, 1.82) is 0 Å². The number of amides is 2. The Morgan fingerprint density at radius 1 is 0.532 bits per heavy atom. The summed E-state index contributed by atoms with van der Waals surface area (Å²) in [6.07, 6.45) is 12.2. The predicted octanol–water partition coefficient (Wildman–Crippen LogP) is 6.92. The van der Waals surface area contributed by atoms with E-state index in [1.54, 1.807) is 0 Å². The first-order valence-electron chi connectivity index (χ1n) is 29.8. The van der Waals surface area contributed by atoms with Gasteiger partial charge in [-0.05, 0) is 25.7 Å². The van der Waals surface area contributed by atoms with Gasteiger partial charge in [0.25, 0.3) is 0 Å². The molecule has 2 aliphatic heterocycles. The van der Waals surface area contributed by atoms with Crippen molar-refractivity contribution in [3.8, 4) is 0 Å². The summed E-state index contributed by atoms with van der Waals surface area (Å²) in [5, 5.41) is 60.5. The van der Waals surface area contributed by atoms with Gasteiger partial charge in [0.1, 0.15) is 54.8 Å². The molecule has 79 heavy (non-hydrogen) atoms. The predicted molar refractivity (Wildman–Crippen MR) is 294 cm³/mol. The Balaban J connectivity index is 2.24. The number of esters is 1. The molecule has 0 radical (unpaired) electrons. The van der Waals surface area contributed by atoms with E-state index in [1.807, 2.05) is 0 Å². The molecule has 2 rings (SSSR count). The van der Waals surface area contributed by atoms with Gasteiger partial charge >= 0.3 is 21.6 Å². The van der Waals surface area contributed by atoms with Crippen LogP contribution in [-0.2, 0) is 56.2 Å². The fourth-order valence-electron chi connectivity index (χ4n) is 9.94. The standard InChI is InChI=1S/C54H104N2O21P2/c1-4-7-10-13-16-19-22-25-28-31-40(58)36-44(59)55-47-50(63)49(62)43(76-53(47)71-34-35-73-78(65,66)67)39-72-54-48(51(64)52(42(38-57)75-54)77-79(68,69)70)56-45(60)37-41(32-29-26-23-20-17-14-11-8-5-2)74-46(61)33-30-27-24-21-18-15-12-9-6-3/h40-43,47-54,57-58,62-64H,4-39H2,1-3H3,(H,55,59)(H,56,60)(H2,65,66,67)(H2,68,69,70)/t40-,41-,42-,43-,47+,48+,49-,50-,51-,52-,53+,54-/m1/s1. The van der Waals surface area contributed by atoms with Crippen molar-refractivity contribution < 1.29 is 101 Å². The van der Waals surface area contributed by atoms with Crippen LogP contribution in [0.1, 0.15) is 226 Å². The molecule has 0 aromatic carbocycles. The van der Waals surface area contributed by atoms with E-state index in [4.69, 9.17) is 28.2 Å². The van der Waals surface area contributed by atoms with Crippen LogP contribution >= 0.6 is 15.6 Å². The van der Waals surface area contributed by atoms with Gasteiger partial charge in [0, 0.05) is 6.42 Å². The van der Waals surface area contributed by atoms with Gasteiger partial charge in [-0.25, -0.2) is 9.13 Å². The normalized spacial score (nSPS) is 24.5. The number of carbonyl (C=O) groups excluding carboxylic acids is 3. The van der Waals surface area contributed by atoms with Crippen molar-refractivity contribution >= 4 is 33.4 Å². The van der Waals surface area contributed by atoms with Crippen LogP contribution < -0.4 is 10.6 Å². The first-order chi connectivity index (χ1) is 37.7. The van der Waals surface area contributed by atoms with E-state index in [1.165, 1.54) is 64.2 Å². The molecule has 2 fully saturated rings. The van der Waals surface area contributed by atoms with Crippen LogP contribution in [0.4, 0.5) is 0 Å². The second-order valence-electron chi connectivity index (χ2n) is 21.5. The Labute approximate surface area is 470 Å². The first kappa shape index (κ1) is 73.4. The number of phosphoric acid groups is 2. The third-order valence-electron chi connectivity index (χ3n) is 14.4. The maximum Gasteiger partial charge on any atom is 0.470 e. The minimum Gasteiger partial charge on any atom is -0.462 e. The lowest BCUT2D eigenvalue weighted by atomic mass is 9.95. The molecule has 25 heteroatoms. The van der Waals surface area contributed by atoms with Gasteiger partial charge in [0.2, 0.25) is 11.8 Å². The molecule has 0 bridgehead atoms. The number of nitrogens with one attached hydrogen (secondary N) is 2. The molecular weight excluding hydrogens is 1070 g/mol. The Hall–Kier alpha value is -1.73. The van der Waals surface area contributed by atoms with Crippen LogP contribution in [-0.4, -0.2) is 163 Å². The van der Waals surface area contributed by atoms with Crippen molar-refractivity contribution in [3.63, 3.8) is 0 Å². The summed E-state index contributed by atoms with van der Waals surface area (Å²) < 4.78 is 62.0. The van der Waals surface area contributed by atoms with Crippen LogP contribution in [0.25, 0.3) is 0 Å². The number of hydrogen-bond donors (Lipinski definition) is 11. The summed E-state index contributed by atoms with van der Waals surface area (Å²) in [5.74, 6) is -1.97. The number of rotatable bonds is 48. The van der Waals surface area contributed by atoms with E-state index in [0.29, 0.717) is 32.1 Å². The third-order valence-corrected chi connectivity index (χ3v) is 15.4. The summed E-state index contributed by atoms with van der Waals surface area (Å²) in [5.41, 5.74) is 0. The minimum absolute atomic E-state index is 0.160. The molecule has 12 atom stereocenters. The highest BCUT2D eigenvalue weighted by Crippen LogP contribution is 2.42. The lowest BCUT2D eigenvalue weighted by Gasteiger charge is -2.45. The molecule has 11 N–H and O–H groups in total. The maximum absolute atomic E-state index is 14.0. The number of aliphatic hydroxyl groups excluding tert-OH is 5. The molecule has 0 aliphatic carbocycles. The number of hydrogen-bond acceptors (Lipinski definition) is 17.